The first kappa shape index (κ1) is 55.2. The molecule has 0 unspecified atom stereocenters. The molecule has 0 aliphatic carbocycles. The highest BCUT2D eigenvalue weighted by Gasteiger charge is 2.43. The Hall–Kier alpha value is -5.74. The van der Waals surface area contributed by atoms with Crippen LogP contribution in [0.15, 0.2) is 53.7 Å². The number of hydrogen-bond donors (Lipinski definition) is 2. The number of rotatable bonds is 25. The zero-order valence-corrected chi connectivity index (χ0v) is 43.1. The van der Waals surface area contributed by atoms with Gasteiger partial charge in [-0.1, -0.05) is 76.6 Å². The van der Waals surface area contributed by atoms with Crippen LogP contribution in [0.25, 0.3) is 0 Å². The molecule has 2 aromatic rings. The van der Waals surface area contributed by atoms with E-state index in [1.54, 1.807) is 61.2 Å². The lowest BCUT2D eigenvalue weighted by atomic mass is 9.89. The molecule has 0 radical (unpaired) electrons. The molecule has 1 aromatic heterocycles. The Kier molecular flexibility index (Phi) is 19.6. The topological polar surface area (TPSA) is 238 Å². The van der Waals surface area contributed by atoms with Crippen molar-refractivity contribution in [2.75, 3.05) is 60.7 Å². The molecule has 70 heavy (non-hydrogen) atoms. The zero-order chi connectivity index (χ0) is 51.4. The summed E-state index contributed by atoms with van der Waals surface area (Å²) < 4.78 is 42.1. The first-order valence-corrected chi connectivity index (χ1v) is 25.8. The van der Waals surface area contributed by atoms with E-state index in [4.69, 9.17) is 14.5 Å². The van der Waals surface area contributed by atoms with Crippen LogP contribution in [0.4, 0.5) is 0 Å². The number of aromatic nitrogens is 3. The van der Waals surface area contributed by atoms with Gasteiger partial charge in [0.1, 0.15) is 17.8 Å². The second-order valence-corrected chi connectivity index (χ2v) is 20.9. The third-order valence-electron chi connectivity index (χ3n) is 13.6. The summed E-state index contributed by atoms with van der Waals surface area (Å²) in [5.74, 6) is -3.52. The number of nitrogens with one attached hydrogen (secondary N) is 2. The van der Waals surface area contributed by atoms with Crippen LogP contribution in [0.1, 0.15) is 78.0 Å². The molecule has 3 aliphatic rings. The Morgan fingerprint density at radius 2 is 1.60 bits per heavy atom. The fraction of sp³-hybridized carbons (Fsp3) is 0.646. The number of hydrogen-bond acceptors (Lipinski definition) is 13. The molecular weight excluding hydrogens is 923 g/mol. The summed E-state index contributed by atoms with van der Waals surface area (Å²) in [5, 5.41) is 10.7. The lowest BCUT2D eigenvalue weighted by Gasteiger charge is -2.40. The average molecular weight is 996 g/mol. The van der Waals surface area contributed by atoms with Gasteiger partial charge in [-0.15, -0.1) is 5.10 Å². The number of likely N-dealkylation sites (tertiary alicyclic amines) is 1. The van der Waals surface area contributed by atoms with Gasteiger partial charge in [-0.2, -0.15) is 0 Å². The maximum absolute atomic E-state index is 14.4. The summed E-state index contributed by atoms with van der Waals surface area (Å²) in [6, 6.07) is 5.96. The van der Waals surface area contributed by atoms with Gasteiger partial charge in [-0.3, -0.25) is 43.1 Å². The first-order valence-electron chi connectivity index (χ1n) is 24.1. The van der Waals surface area contributed by atoms with Crippen molar-refractivity contribution in [3.05, 3.63) is 59.9 Å². The fourth-order valence-electron chi connectivity index (χ4n) is 9.44. The summed E-state index contributed by atoms with van der Waals surface area (Å²) in [6.07, 6.45) is 4.28. The van der Waals surface area contributed by atoms with Crippen LogP contribution in [0, 0.1) is 17.8 Å². The highest BCUT2D eigenvalue weighted by Crippen LogP contribution is 2.30. The second kappa shape index (κ2) is 24.9. The van der Waals surface area contributed by atoms with Gasteiger partial charge < -0.3 is 34.4 Å². The second-order valence-electron chi connectivity index (χ2n) is 19.0. The number of nitrogens with zero attached hydrogens (tertiary/aromatic N) is 9. The Bertz CT molecular complexity index is 2300. The highest BCUT2D eigenvalue weighted by molar-refractivity contribution is 7.90. The van der Waals surface area contributed by atoms with Crippen LogP contribution in [0.3, 0.4) is 0 Å². The van der Waals surface area contributed by atoms with Crippen LogP contribution in [-0.2, 0) is 67.8 Å². The molecule has 6 amide bonds. The van der Waals surface area contributed by atoms with Gasteiger partial charge >= 0.3 is 0 Å². The molecule has 5 rings (SSSR count). The van der Waals surface area contributed by atoms with Crippen molar-refractivity contribution in [1.29, 1.82) is 0 Å². The molecule has 0 saturated carbocycles. The molecular formula is C48H73N11O10S. The van der Waals surface area contributed by atoms with Gasteiger partial charge in [-0.25, -0.2) is 13.4 Å². The van der Waals surface area contributed by atoms with Gasteiger partial charge in [0.2, 0.25) is 27.7 Å². The zero-order valence-electron chi connectivity index (χ0n) is 42.3. The molecule has 0 bridgehead atoms. The lowest BCUT2D eigenvalue weighted by molar-refractivity contribution is -0.146. The SMILES string of the molecule is CC[C@H](C)[C@@H]([C@H](CC(=O)N1CCC[C@H]1[C@H](OC)[C@@H](C)C(=O)N[C@@H](Cc1ccccc1)C(=O)NS(=O)(=O)CCCn1cc(CN2C(=O)C=CC2=O)nn1)OC)N(C)C(=O)[C@@H](N=C1N(C)CCN1C)C(C)C. The molecule has 21 nitrogen and oxygen atoms in total. The van der Waals surface area contributed by atoms with Crippen molar-refractivity contribution in [3.63, 3.8) is 0 Å². The predicted molar refractivity (Wildman–Crippen MR) is 261 cm³/mol. The van der Waals surface area contributed by atoms with E-state index in [2.05, 4.69) is 20.4 Å². The molecule has 3 aliphatic heterocycles. The van der Waals surface area contributed by atoms with Gasteiger partial charge in [0.25, 0.3) is 17.7 Å². The Morgan fingerprint density at radius 1 is 0.943 bits per heavy atom. The van der Waals surface area contributed by atoms with Gasteiger partial charge in [0.15, 0.2) is 5.96 Å². The summed E-state index contributed by atoms with van der Waals surface area (Å²) in [6.45, 7) is 11.7. The number of likely N-dealkylation sites (N-methyl/N-ethyl adjacent to an activating group) is 3. The van der Waals surface area contributed by atoms with Crippen molar-refractivity contribution in [2.45, 2.75) is 123 Å². The Labute approximate surface area is 412 Å². The number of sulfonamides is 1. The number of ether oxygens (including phenoxy) is 2. The number of aliphatic imine (C=N–C) groups is 1. The summed E-state index contributed by atoms with van der Waals surface area (Å²) in [7, 11) is 4.50. The Morgan fingerprint density at radius 3 is 2.20 bits per heavy atom. The van der Waals surface area contributed by atoms with E-state index in [0.29, 0.717) is 30.6 Å². The number of carbonyl (C=O) groups is 6. The molecule has 2 saturated heterocycles. The average Bonchev–Trinajstić information content (AvgIpc) is 4.13. The summed E-state index contributed by atoms with van der Waals surface area (Å²) >= 11 is 0. The Balaban J connectivity index is 1.24. The highest BCUT2D eigenvalue weighted by atomic mass is 32.2. The van der Waals surface area contributed by atoms with E-state index in [0.717, 1.165) is 42.5 Å². The number of amides is 6. The van der Waals surface area contributed by atoms with E-state index in [9.17, 15) is 37.2 Å². The number of carbonyl (C=O) groups excluding carboxylic acids is 6. The molecule has 2 N–H and O–H groups in total. The lowest BCUT2D eigenvalue weighted by Crippen LogP contribution is -2.56. The van der Waals surface area contributed by atoms with Crippen molar-refractivity contribution < 1.29 is 46.7 Å². The van der Waals surface area contributed by atoms with Gasteiger partial charge in [-0.05, 0) is 36.7 Å². The van der Waals surface area contributed by atoms with Crippen LogP contribution in [0.2, 0.25) is 0 Å². The largest absolute Gasteiger partial charge is 0.379 e. The van der Waals surface area contributed by atoms with Gasteiger partial charge in [0, 0.05) is 80.1 Å². The minimum Gasteiger partial charge on any atom is -0.379 e. The molecule has 386 valence electrons. The van der Waals surface area contributed by atoms with Gasteiger partial charge in [0.05, 0.1) is 55.1 Å². The van der Waals surface area contributed by atoms with Crippen LogP contribution >= 0.6 is 0 Å². The summed E-state index contributed by atoms with van der Waals surface area (Å²) in [4.78, 5) is 94.1. The predicted octanol–water partition coefficient (Wildman–Crippen LogP) is 1.44. The number of imide groups is 1. The van der Waals surface area contributed by atoms with E-state index in [1.807, 2.05) is 51.6 Å². The number of benzene rings is 1. The minimum absolute atomic E-state index is 0.0160. The van der Waals surface area contributed by atoms with Crippen molar-refractivity contribution in [2.24, 2.45) is 22.7 Å². The molecule has 8 atom stereocenters. The maximum Gasteiger partial charge on any atom is 0.256 e. The van der Waals surface area contributed by atoms with E-state index in [1.165, 1.54) is 18.0 Å². The normalized spacial score (nSPS) is 19.3. The quantitative estimate of drug-likeness (QED) is 0.134. The molecule has 1 aromatic carbocycles. The summed E-state index contributed by atoms with van der Waals surface area (Å²) in [5.41, 5.74) is 1.01. The third kappa shape index (κ3) is 14.0. The van der Waals surface area contributed by atoms with Crippen LogP contribution in [0.5, 0.6) is 0 Å². The molecule has 2 fully saturated rings. The number of guanidine groups is 1. The van der Waals surface area contributed by atoms with Crippen molar-refractivity contribution in [3.8, 4) is 0 Å². The number of aryl methyl sites for hydroxylation is 1. The standard InChI is InChI=1S/C48H73N11O10S/c1-11-32(4)43(56(8)47(65)42(31(2)3)50-48-54(6)24-25-55(48)7)38(68-9)28-41(62)58-23-15-19-37(58)44(69-10)33(5)45(63)49-36(27-34-17-13-12-14-18-34)46(64)52-70(66,67)26-16-22-57-29-35(51-53-57)30-59-39(60)20-21-40(59)61/h12-14,17-18,20-21,29,31-33,36-38,42-44H,11,15-16,19,22-28,30H2,1-10H3,(H,49,63)(H,52,64)/t32-,33+,36-,37-,38-,42-,43-,44+/m0/s1. The fourth-order valence-corrected chi connectivity index (χ4v) is 10.5. The monoisotopic (exact) mass is 996 g/mol. The maximum atomic E-state index is 14.4. The van der Waals surface area contributed by atoms with Crippen molar-refractivity contribution in [1.82, 2.24) is 49.5 Å². The van der Waals surface area contributed by atoms with E-state index in [-0.39, 0.29) is 56.0 Å². The smallest absolute Gasteiger partial charge is 0.256 e. The van der Waals surface area contributed by atoms with Crippen LogP contribution < -0.4 is 10.0 Å². The molecule has 4 heterocycles. The van der Waals surface area contributed by atoms with E-state index < -0.39 is 81.7 Å². The number of methoxy groups -OCH3 is 2. The van der Waals surface area contributed by atoms with E-state index >= 15 is 0 Å². The van der Waals surface area contributed by atoms with Crippen LogP contribution in [-0.4, -0.2) is 186 Å². The minimum atomic E-state index is -4.20. The molecule has 22 heteroatoms. The van der Waals surface area contributed by atoms with Crippen molar-refractivity contribution >= 4 is 51.4 Å². The first-order chi connectivity index (χ1) is 33.2. The molecule has 0 spiro atoms. The third-order valence-corrected chi connectivity index (χ3v) is 15.0.